The lowest BCUT2D eigenvalue weighted by atomic mass is 10.00. The Morgan fingerprint density at radius 3 is 2.42 bits per heavy atom. The van der Waals surface area contributed by atoms with Crippen molar-refractivity contribution in [2.45, 2.75) is 19.4 Å². The van der Waals surface area contributed by atoms with E-state index in [1.54, 1.807) is 6.07 Å². The minimum atomic E-state index is -0.650. The Kier molecular flexibility index (Phi) is 6.97. The molecule has 7 nitrogen and oxygen atoms in total. The number of rotatable bonds is 7. The van der Waals surface area contributed by atoms with Crippen LogP contribution in [0.5, 0.6) is 0 Å². The predicted octanol–water partition coefficient (Wildman–Crippen LogP) is 3.73. The first-order valence-electron chi connectivity index (χ1n) is 9.69. The summed E-state index contributed by atoms with van der Waals surface area (Å²) < 4.78 is 5.09. The van der Waals surface area contributed by atoms with Crippen LogP contribution in [0, 0.1) is 11.3 Å². The van der Waals surface area contributed by atoms with Crippen LogP contribution in [0.2, 0.25) is 0 Å². The topological polar surface area (TPSA) is 108 Å². The van der Waals surface area contributed by atoms with Crippen molar-refractivity contribution in [2.75, 3.05) is 11.9 Å². The second-order valence-corrected chi connectivity index (χ2v) is 6.89. The number of hydrogen-bond donors (Lipinski definition) is 2. The summed E-state index contributed by atoms with van der Waals surface area (Å²) in [5.41, 5.74) is 1.68. The van der Waals surface area contributed by atoms with Crippen molar-refractivity contribution in [3.8, 4) is 6.07 Å². The minimum Gasteiger partial charge on any atom is -0.452 e. The van der Waals surface area contributed by atoms with Gasteiger partial charge in [0, 0.05) is 5.69 Å². The van der Waals surface area contributed by atoms with E-state index >= 15 is 0 Å². The molecule has 0 aliphatic carbocycles. The number of carbonyl (C=O) groups is 3. The second-order valence-electron chi connectivity index (χ2n) is 6.89. The van der Waals surface area contributed by atoms with Crippen molar-refractivity contribution in [3.63, 3.8) is 0 Å². The molecule has 0 fully saturated rings. The molecule has 3 rings (SSSR count). The summed E-state index contributed by atoms with van der Waals surface area (Å²) in [5, 5.41) is 16.0. The maximum Gasteiger partial charge on any atom is 0.338 e. The van der Waals surface area contributed by atoms with E-state index in [9.17, 15) is 14.4 Å². The molecule has 7 heteroatoms. The number of ether oxygens (including phenoxy) is 1. The van der Waals surface area contributed by atoms with Gasteiger partial charge in [0.25, 0.3) is 5.91 Å². The van der Waals surface area contributed by atoms with Gasteiger partial charge in [-0.05, 0) is 47.5 Å². The first-order valence-corrected chi connectivity index (χ1v) is 9.69. The lowest BCUT2D eigenvalue weighted by Crippen LogP contribution is -2.31. The fraction of sp³-hybridized carbons (Fsp3) is 0.167. The molecule has 156 valence electrons. The molecule has 2 amide bonds. The average Bonchev–Trinajstić information content (AvgIpc) is 2.77. The number of nitrogens with one attached hydrogen (secondary N) is 2. The molecule has 3 aromatic carbocycles. The van der Waals surface area contributed by atoms with Gasteiger partial charge in [0.05, 0.1) is 17.7 Å². The van der Waals surface area contributed by atoms with Gasteiger partial charge in [-0.3, -0.25) is 9.59 Å². The Bertz CT molecular complexity index is 1140. The van der Waals surface area contributed by atoms with Crippen LogP contribution in [0.4, 0.5) is 5.69 Å². The molecule has 0 aliphatic heterocycles. The van der Waals surface area contributed by atoms with Crippen LogP contribution >= 0.6 is 0 Å². The molecule has 0 saturated carbocycles. The molecule has 1 atom stereocenters. The number of hydrogen-bond acceptors (Lipinski definition) is 5. The van der Waals surface area contributed by atoms with E-state index in [-0.39, 0.29) is 18.0 Å². The SMILES string of the molecule is C[C@@H](NC(=O)COC(=O)c1ccc(NC(=O)CC#N)cc1)c1cccc2ccccc12. The number of carbonyl (C=O) groups excluding carboxylic acids is 3. The van der Waals surface area contributed by atoms with Crippen LogP contribution in [0.15, 0.2) is 66.7 Å². The highest BCUT2D eigenvalue weighted by Gasteiger charge is 2.15. The first kappa shape index (κ1) is 21.5. The summed E-state index contributed by atoms with van der Waals surface area (Å²) in [5.74, 6) is -1.49. The molecule has 0 spiro atoms. The van der Waals surface area contributed by atoms with Gasteiger partial charge in [-0.1, -0.05) is 42.5 Å². The number of benzene rings is 3. The van der Waals surface area contributed by atoms with E-state index in [4.69, 9.17) is 10.00 Å². The van der Waals surface area contributed by atoms with Crippen molar-refractivity contribution in [1.29, 1.82) is 5.26 Å². The van der Waals surface area contributed by atoms with Crippen LogP contribution in [0.1, 0.15) is 35.3 Å². The number of nitrogens with zero attached hydrogens (tertiary/aromatic N) is 1. The van der Waals surface area contributed by atoms with Crippen LogP contribution in [-0.2, 0) is 14.3 Å². The molecule has 0 heterocycles. The van der Waals surface area contributed by atoms with Crippen LogP contribution in [-0.4, -0.2) is 24.4 Å². The van der Waals surface area contributed by atoms with Gasteiger partial charge in [0.1, 0.15) is 6.42 Å². The van der Waals surface area contributed by atoms with Crippen molar-refractivity contribution >= 4 is 34.2 Å². The summed E-state index contributed by atoms with van der Waals surface area (Å²) in [6.07, 6.45) is -0.254. The Morgan fingerprint density at radius 2 is 1.68 bits per heavy atom. The zero-order valence-electron chi connectivity index (χ0n) is 16.9. The predicted molar refractivity (Wildman–Crippen MR) is 116 cm³/mol. The summed E-state index contributed by atoms with van der Waals surface area (Å²) in [6, 6.07) is 21.3. The fourth-order valence-corrected chi connectivity index (χ4v) is 3.17. The van der Waals surface area contributed by atoms with Crippen LogP contribution in [0.3, 0.4) is 0 Å². The summed E-state index contributed by atoms with van der Waals surface area (Å²) >= 11 is 0. The van der Waals surface area contributed by atoms with Crippen molar-refractivity contribution in [1.82, 2.24) is 5.32 Å². The van der Waals surface area contributed by atoms with E-state index in [2.05, 4.69) is 10.6 Å². The monoisotopic (exact) mass is 415 g/mol. The normalized spacial score (nSPS) is 11.2. The Morgan fingerprint density at radius 1 is 0.968 bits per heavy atom. The number of fused-ring (bicyclic) bond motifs is 1. The molecule has 0 unspecified atom stereocenters. The molecular weight excluding hydrogens is 394 g/mol. The molecule has 3 aromatic rings. The zero-order chi connectivity index (χ0) is 22.2. The molecule has 0 aliphatic rings. The van der Waals surface area contributed by atoms with E-state index < -0.39 is 24.4 Å². The summed E-state index contributed by atoms with van der Waals surface area (Å²) in [4.78, 5) is 35.9. The molecule has 0 radical (unpaired) electrons. The quantitative estimate of drug-likeness (QED) is 0.572. The summed E-state index contributed by atoms with van der Waals surface area (Å²) in [7, 11) is 0. The lowest BCUT2D eigenvalue weighted by Gasteiger charge is -2.16. The first-order chi connectivity index (χ1) is 15.0. The van der Waals surface area contributed by atoms with E-state index in [0.717, 1.165) is 16.3 Å². The highest BCUT2D eigenvalue weighted by molar-refractivity contribution is 5.94. The summed E-state index contributed by atoms with van der Waals surface area (Å²) in [6.45, 7) is 1.47. The largest absolute Gasteiger partial charge is 0.452 e. The van der Waals surface area contributed by atoms with Gasteiger partial charge in [0.2, 0.25) is 5.91 Å². The van der Waals surface area contributed by atoms with Gasteiger partial charge in [-0.25, -0.2) is 4.79 Å². The third-order valence-corrected chi connectivity index (χ3v) is 4.65. The van der Waals surface area contributed by atoms with Gasteiger partial charge >= 0.3 is 5.97 Å². The Labute approximate surface area is 179 Å². The van der Waals surface area contributed by atoms with Crippen LogP contribution < -0.4 is 10.6 Å². The van der Waals surface area contributed by atoms with Crippen LogP contribution in [0.25, 0.3) is 10.8 Å². The maximum absolute atomic E-state index is 12.3. The van der Waals surface area contributed by atoms with Crippen molar-refractivity contribution < 1.29 is 19.1 Å². The highest BCUT2D eigenvalue weighted by atomic mass is 16.5. The molecule has 0 bridgehead atoms. The average molecular weight is 415 g/mol. The van der Waals surface area contributed by atoms with E-state index in [1.807, 2.05) is 49.4 Å². The van der Waals surface area contributed by atoms with Crippen molar-refractivity contribution in [2.24, 2.45) is 0 Å². The second kappa shape index (κ2) is 10.0. The maximum atomic E-state index is 12.3. The van der Waals surface area contributed by atoms with Gasteiger partial charge < -0.3 is 15.4 Å². The number of esters is 1. The highest BCUT2D eigenvalue weighted by Crippen LogP contribution is 2.24. The van der Waals surface area contributed by atoms with Gasteiger partial charge in [-0.15, -0.1) is 0 Å². The molecule has 0 aromatic heterocycles. The van der Waals surface area contributed by atoms with Gasteiger partial charge in [0.15, 0.2) is 6.61 Å². The molecule has 2 N–H and O–H groups in total. The van der Waals surface area contributed by atoms with Gasteiger partial charge in [-0.2, -0.15) is 5.26 Å². The molecular formula is C24H21N3O4. The fourth-order valence-electron chi connectivity index (χ4n) is 3.17. The zero-order valence-corrected chi connectivity index (χ0v) is 16.9. The Hall–Kier alpha value is -4.18. The number of amides is 2. The minimum absolute atomic E-state index is 0.244. The molecule has 0 saturated heterocycles. The standard InChI is InChI=1S/C24H21N3O4/c1-16(20-8-4-6-17-5-2-3-7-21(17)20)26-23(29)15-31-24(30)18-9-11-19(12-10-18)27-22(28)13-14-25/h2-12,16H,13,15H2,1H3,(H,26,29)(H,27,28)/t16-/m1/s1. The van der Waals surface area contributed by atoms with E-state index in [0.29, 0.717) is 5.69 Å². The Balaban J connectivity index is 1.53. The van der Waals surface area contributed by atoms with Crippen molar-refractivity contribution in [3.05, 3.63) is 77.9 Å². The lowest BCUT2D eigenvalue weighted by molar-refractivity contribution is -0.124. The van der Waals surface area contributed by atoms with E-state index in [1.165, 1.54) is 24.3 Å². The number of anilines is 1. The third-order valence-electron chi connectivity index (χ3n) is 4.65. The molecule has 31 heavy (non-hydrogen) atoms. The number of nitriles is 1. The third kappa shape index (κ3) is 5.67. The smallest absolute Gasteiger partial charge is 0.338 e.